The Balaban J connectivity index is 1.69. The molecule has 1 aromatic carbocycles. The molecule has 2 aromatic rings. The first-order valence-electron chi connectivity index (χ1n) is 6.06. The Kier molecular flexibility index (Phi) is 6.00. The number of ether oxygens (including phenoxy) is 1. The van der Waals surface area contributed by atoms with Crippen LogP contribution < -0.4 is 4.74 Å². The summed E-state index contributed by atoms with van der Waals surface area (Å²) in [7, 11) is 0. The van der Waals surface area contributed by atoms with E-state index in [0.717, 1.165) is 25.9 Å². The molecule has 0 unspecified atom stereocenters. The average Bonchev–Trinajstić information content (AvgIpc) is 2.85. The smallest absolute Gasteiger partial charge is 0.175 e. The van der Waals surface area contributed by atoms with Gasteiger partial charge in [-0.1, -0.05) is 59.5 Å². The Labute approximate surface area is 126 Å². The molecule has 0 spiro atoms. The molecule has 0 N–H and O–H groups in total. The highest BCUT2D eigenvalue weighted by molar-refractivity contribution is 8.03. The van der Waals surface area contributed by atoms with Crippen LogP contribution in [0.2, 0.25) is 0 Å². The van der Waals surface area contributed by atoms with Crippen molar-refractivity contribution in [3.05, 3.63) is 29.8 Å². The molecule has 0 radical (unpaired) electrons. The van der Waals surface area contributed by atoms with Crippen LogP contribution in [-0.2, 0) is 0 Å². The zero-order valence-corrected chi connectivity index (χ0v) is 13.4. The monoisotopic (exact) mass is 312 g/mol. The molecular weight excluding hydrogens is 296 g/mol. The third kappa shape index (κ3) is 5.04. The molecule has 6 heteroatoms. The molecule has 19 heavy (non-hydrogen) atoms. The van der Waals surface area contributed by atoms with Gasteiger partial charge in [0.05, 0.1) is 6.61 Å². The third-order valence-electron chi connectivity index (χ3n) is 2.25. The lowest BCUT2D eigenvalue weighted by molar-refractivity contribution is 0.344. The quantitative estimate of drug-likeness (QED) is 0.567. The van der Waals surface area contributed by atoms with Crippen molar-refractivity contribution in [2.75, 3.05) is 18.1 Å². The van der Waals surface area contributed by atoms with E-state index in [1.807, 2.05) is 12.1 Å². The zero-order valence-electron chi connectivity index (χ0n) is 11.0. The minimum atomic E-state index is 0.684. The van der Waals surface area contributed by atoms with Crippen molar-refractivity contribution in [2.45, 2.75) is 22.5 Å². The fourth-order valence-corrected chi connectivity index (χ4v) is 4.17. The first kappa shape index (κ1) is 14.7. The molecule has 0 saturated carbocycles. The van der Waals surface area contributed by atoms with E-state index in [1.165, 1.54) is 5.56 Å². The highest BCUT2D eigenvalue weighted by atomic mass is 32.2. The summed E-state index contributed by atoms with van der Waals surface area (Å²) in [6.07, 6.45) is 0. The normalized spacial score (nSPS) is 10.6. The molecule has 1 aromatic heterocycles. The van der Waals surface area contributed by atoms with E-state index in [1.54, 1.807) is 34.9 Å². The standard InChI is InChI=1S/C13H16N2OS3/c1-3-17-12-14-15-13(19-12)18-9-8-16-11-6-4-10(2)5-7-11/h4-7H,3,8-9H2,1-2H3. The number of rotatable bonds is 7. The van der Waals surface area contributed by atoms with Crippen LogP contribution in [0.1, 0.15) is 12.5 Å². The van der Waals surface area contributed by atoms with E-state index in [-0.39, 0.29) is 0 Å². The predicted octanol–water partition coefficient (Wildman–Crippen LogP) is 4.13. The number of hydrogen-bond donors (Lipinski definition) is 0. The van der Waals surface area contributed by atoms with Crippen LogP contribution in [0.25, 0.3) is 0 Å². The van der Waals surface area contributed by atoms with Gasteiger partial charge in [0.1, 0.15) is 5.75 Å². The Morgan fingerprint density at radius 1 is 1.11 bits per heavy atom. The van der Waals surface area contributed by atoms with E-state index in [9.17, 15) is 0 Å². The SMILES string of the molecule is CCSc1nnc(SCCOc2ccc(C)cc2)s1. The number of thioether (sulfide) groups is 2. The summed E-state index contributed by atoms with van der Waals surface area (Å²) in [6.45, 7) is 4.87. The van der Waals surface area contributed by atoms with Gasteiger partial charge in [-0.05, 0) is 24.8 Å². The minimum Gasteiger partial charge on any atom is -0.493 e. The summed E-state index contributed by atoms with van der Waals surface area (Å²) in [5, 5.41) is 8.27. The molecule has 2 rings (SSSR count). The van der Waals surface area contributed by atoms with Gasteiger partial charge < -0.3 is 4.74 Å². The summed E-state index contributed by atoms with van der Waals surface area (Å²) in [5.74, 6) is 2.85. The topological polar surface area (TPSA) is 35.0 Å². The fraction of sp³-hybridized carbons (Fsp3) is 0.385. The number of nitrogens with zero attached hydrogens (tertiary/aromatic N) is 2. The Morgan fingerprint density at radius 3 is 2.47 bits per heavy atom. The minimum absolute atomic E-state index is 0.684. The molecule has 0 fully saturated rings. The maximum Gasteiger partial charge on any atom is 0.175 e. The second-order valence-corrected chi connectivity index (χ2v) is 7.61. The lowest BCUT2D eigenvalue weighted by atomic mass is 10.2. The van der Waals surface area contributed by atoms with Crippen LogP contribution in [-0.4, -0.2) is 28.3 Å². The van der Waals surface area contributed by atoms with Crippen molar-refractivity contribution < 1.29 is 4.74 Å². The summed E-state index contributed by atoms with van der Waals surface area (Å²) in [4.78, 5) is 0. The molecule has 0 aliphatic carbocycles. The van der Waals surface area contributed by atoms with Crippen molar-refractivity contribution in [1.29, 1.82) is 0 Å². The number of aromatic nitrogens is 2. The lowest BCUT2D eigenvalue weighted by Gasteiger charge is -2.04. The molecule has 0 aliphatic rings. The van der Waals surface area contributed by atoms with Crippen molar-refractivity contribution in [2.24, 2.45) is 0 Å². The largest absolute Gasteiger partial charge is 0.493 e. The molecular formula is C13H16N2OS3. The van der Waals surface area contributed by atoms with Crippen LogP contribution in [0.3, 0.4) is 0 Å². The number of aryl methyl sites for hydroxylation is 1. The van der Waals surface area contributed by atoms with Gasteiger partial charge in [-0.2, -0.15) is 0 Å². The van der Waals surface area contributed by atoms with Gasteiger partial charge in [0, 0.05) is 5.75 Å². The van der Waals surface area contributed by atoms with Gasteiger partial charge in [-0.25, -0.2) is 0 Å². The van der Waals surface area contributed by atoms with Gasteiger partial charge in [0.15, 0.2) is 8.68 Å². The van der Waals surface area contributed by atoms with Crippen LogP contribution >= 0.6 is 34.9 Å². The second kappa shape index (κ2) is 7.77. The molecule has 0 aliphatic heterocycles. The van der Waals surface area contributed by atoms with E-state index in [0.29, 0.717) is 6.61 Å². The molecule has 102 valence electrons. The summed E-state index contributed by atoms with van der Waals surface area (Å²) in [6, 6.07) is 8.12. The molecule has 0 amide bonds. The first-order valence-corrected chi connectivity index (χ1v) is 8.85. The zero-order chi connectivity index (χ0) is 13.5. The third-order valence-corrected chi connectivity index (χ3v) is 5.29. The van der Waals surface area contributed by atoms with E-state index >= 15 is 0 Å². The molecule has 3 nitrogen and oxygen atoms in total. The Morgan fingerprint density at radius 2 is 1.79 bits per heavy atom. The van der Waals surface area contributed by atoms with Crippen molar-refractivity contribution in [1.82, 2.24) is 10.2 Å². The Hall–Kier alpha value is -0.720. The van der Waals surface area contributed by atoms with Gasteiger partial charge in [0.25, 0.3) is 0 Å². The van der Waals surface area contributed by atoms with E-state index in [4.69, 9.17) is 4.74 Å². The van der Waals surface area contributed by atoms with Gasteiger partial charge in [0.2, 0.25) is 0 Å². The van der Waals surface area contributed by atoms with E-state index < -0.39 is 0 Å². The van der Waals surface area contributed by atoms with E-state index in [2.05, 4.69) is 36.2 Å². The summed E-state index contributed by atoms with van der Waals surface area (Å²) < 4.78 is 7.73. The number of hydrogen-bond acceptors (Lipinski definition) is 6. The van der Waals surface area contributed by atoms with Gasteiger partial charge in [-0.3, -0.25) is 0 Å². The first-order chi connectivity index (χ1) is 9.28. The number of benzene rings is 1. The second-order valence-electron chi connectivity index (χ2n) is 3.78. The lowest BCUT2D eigenvalue weighted by Crippen LogP contribution is -1.99. The van der Waals surface area contributed by atoms with Gasteiger partial charge >= 0.3 is 0 Å². The molecule has 0 bridgehead atoms. The highest BCUT2D eigenvalue weighted by Gasteiger charge is 2.04. The van der Waals surface area contributed by atoms with Crippen molar-refractivity contribution in [3.63, 3.8) is 0 Å². The van der Waals surface area contributed by atoms with Crippen molar-refractivity contribution >= 4 is 34.9 Å². The highest BCUT2D eigenvalue weighted by Crippen LogP contribution is 2.28. The van der Waals surface area contributed by atoms with Crippen LogP contribution in [0.4, 0.5) is 0 Å². The van der Waals surface area contributed by atoms with Crippen molar-refractivity contribution in [3.8, 4) is 5.75 Å². The van der Waals surface area contributed by atoms with Crippen LogP contribution in [0, 0.1) is 6.92 Å². The summed E-state index contributed by atoms with van der Waals surface area (Å²) >= 11 is 5.08. The summed E-state index contributed by atoms with van der Waals surface area (Å²) in [5.41, 5.74) is 1.25. The molecule has 1 heterocycles. The maximum atomic E-state index is 5.67. The predicted molar refractivity (Wildman–Crippen MR) is 83.7 cm³/mol. The van der Waals surface area contributed by atoms with Crippen LogP contribution in [0.5, 0.6) is 5.75 Å². The fourth-order valence-electron chi connectivity index (χ4n) is 1.36. The maximum absolute atomic E-state index is 5.67. The average molecular weight is 312 g/mol. The van der Waals surface area contributed by atoms with Gasteiger partial charge in [-0.15, -0.1) is 10.2 Å². The Bertz CT molecular complexity index is 499. The molecule has 0 saturated heterocycles. The van der Waals surface area contributed by atoms with Crippen LogP contribution in [0.15, 0.2) is 32.9 Å². The molecule has 0 atom stereocenters.